The van der Waals surface area contributed by atoms with Crippen molar-refractivity contribution in [3.8, 4) is 0 Å². The van der Waals surface area contributed by atoms with E-state index in [1.54, 1.807) is 11.3 Å². The van der Waals surface area contributed by atoms with Crippen LogP contribution in [-0.2, 0) is 9.84 Å². The number of hydrogen-bond donors (Lipinski definition) is 1. The Hall–Kier alpha value is -1.14. The average Bonchev–Trinajstić information content (AvgIpc) is 2.67. The maximum Gasteiger partial charge on any atom is 0.152 e. The van der Waals surface area contributed by atoms with Crippen LogP contribution in [-0.4, -0.2) is 30.9 Å². The molecule has 3 rings (SSSR count). The number of nitrogens with one attached hydrogen (secondary N) is 1. The summed E-state index contributed by atoms with van der Waals surface area (Å²) in [5.74, 6) is 0.574. The lowest BCUT2D eigenvalue weighted by Crippen LogP contribution is -2.34. The van der Waals surface area contributed by atoms with Crippen molar-refractivity contribution in [1.29, 1.82) is 0 Å². The van der Waals surface area contributed by atoms with Gasteiger partial charge in [0.1, 0.15) is 0 Å². The Morgan fingerprint density at radius 3 is 3.05 bits per heavy atom. The molecule has 1 saturated heterocycles. The van der Waals surface area contributed by atoms with Crippen molar-refractivity contribution in [2.45, 2.75) is 25.8 Å². The number of benzene rings is 1. The molecule has 2 heterocycles. The monoisotopic (exact) mass is 296 g/mol. The number of fused-ring (bicyclic) bond motifs is 1. The molecule has 1 unspecified atom stereocenters. The van der Waals surface area contributed by atoms with Gasteiger partial charge < -0.3 is 5.32 Å². The van der Waals surface area contributed by atoms with E-state index in [0.29, 0.717) is 5.75 Å². The van der Waals surface area contributed by atoms with Crippen LogP contribution in [0, 0.1) is 6.92 Å². The van der Waals surface area contributed by atoms with Gasteiger partial charge in [0.05, 0.1) is 26.7 Å². The van der Waals surface area contributed by atoms with Gasteiger partial charge in [-0.25, -0.2) is 13.4 Å². The molecule has 1 fully saturated rings. The molecule has 1 aliphatic heterocycles. The molecule has 4 nitrogen and oxygen atoms in total. The van der Waals surface area contributed by atoms with E-state index in [2.05, 4.69) is 16.4 Å². The molecule has 0 radical (unpaired) electrons. The van der Waals surface area contributed by atoms with Crippen molar-refractivity contribution in [1.82, 2.24) is 4.98 Å². The first-order valence-corrected chi connectivity index (χ1v) is 9.00. The standard InChI is InChI=1S/C13H16N2O2S2/c1-9-14-12-5-4-10(7-13(12)18-9)15-11-3-2-6-19(16,17)8-11/h4-5,7,11,15H,2-3,6,8H2,1H3. The van der Waals surface area contributed by atoms with Gasteiger partial charge in [0.2, 0.25) is 0 Å². The fraction of sp³-hybridized carbons (Fsp3) is 0.462. The molecular formula is C13H16N2O2S2. The highest BCUT2D eigenvalue weighted by Crippen LogP contribution is 2.26. The van der Waals surface area contributed by atoms with Gasteiger partial charge in [-0.3, -0.25) is 0 Å². The maximum absolute atomic E-state index is 11.6. The zero-order chi connectivity index (χ0) is 13.5. The lowest BCUT2D eigenvalue weighted by atomic mass is 10.1. The van der Waals surface area contributed by atoms with Gasteiger partial charge in [0, 0.05) is 11.7 Å². The molecule has 1 N–H and O–H groups in total. The van der Waals surface area contributed by atoms with Gasteiger partial charge in [0.25, 0.3) is 0 Å². The van der Waals surface area contributed by atoms with E-state index in [0.717, 1.165) is 33.8 Å². The lowest BCUT2D eigenvalue weighted by molar-refractivity contribution is 0.562. The van der Waals surface area contributed by atoms with Crippen molar-refractivity contribution in [3.63, 3.8) is 0 Å². The molecule has 1 aromatic heterocycles. The number of aryl methyl sites for hydroxylation is 1. The molecule has 102 valence electrons. The van der Waals surface area contributed by atoms with Crippen molar-refractivity contribution < 1.29 is 8.42 Å². The van der Waals surface area contributed by atoms with E-state index in [-0.39, 0.29) is 11.8 Å². The van der Waals surface area contributed by atoms with Crippen LogP contribution in [0.25, 0.3) is 10.2 Å². The fourth-order valence-corrected chi connectivity index (χ4v) is 5.00. The lowest BCUT2D eigenvalue weighted by Gasteiger charge is -2.23. The van der Waals surface area contributed by atoms with Crippen LogP contribution in [0.4, 0.5) is 5.69 Å². The second-order valence-corrected chi connectivity index (χ2v) is 8.48. The van der Waals surface area contributed by atoms with Gasteiger partial charge >= 0.3 is 0 Å². The summed E-state index contributed by atoms with van der Waals surface area (Å²) in [7, 11) is -2.86. The molecule has 2 aromatic rings. The Morgan fingerprint density at radius 1 is 1.42 bits per heavy atom. The first kappa shape index (κ1) is 12.9. The van der Waals surface area contributed by atoms with Gasteiger partial charge in [-0.15, -0.1) is 11.3 Å². The Morgan fingerprint density at radius 2 is 2.26 bits per heavy atom. The molecule has 0 saturated carbocycles. The number of nitrogens with zero attached hydrogens (tertiary/aromatic N) is 1. The smallest absolute Gasteiger partial charge is 0.152 e. The predicted molar refractivity (Wildman–Crippen MR) is 79.7 cm³/mol. The number of sulfone groups is 1. The summed E-state index contributed by atoms with van der Waals surface area (Å²) < 4.78 is 24.4. The van der Waals surface area contributed by atoms with E-state index < -0.39 is 9.84 Å². The van der Waals surface area contributed by atoms with Crippen LogP contribution < -0.4 is 5.32 Å². The Bertz CT molecular complexity index is 707. The number of hydrogen-bond acceptors (Lipinski definition) is 5. The number of rotatable bonds is 2. The van der Waals surface area contributed by atoms with Crippen LogP contribution in [0.1, 0.15) is 17.8 Å². The largest absolute Gasteiger partial charge is 0.381 e. The van der Waals surface area contributed by atoms with Gasteiger partial charge in [0.15, 0.2) is 9.84 Å². The third-order valence-electron chi connectivity index (χ3n) is 3.33. The first-order chi connectivity index (χ1) is 9.02. The number of aromatic nitrogens is 1. The van der Waals surface area contributed by atoms with Gasteiger partial charge in [-0.2, -0.15) is 0 Å². The number of anilines is 1. The Labute approximate surface area is 116 Å². The third-order valence-corrected chi connectivity index (χ3v) is 6.08. The zero-order valence-electron chi connectivity index (χ0n) is 10.7. The molecule has 0 amide bonds. The van der Waals surface area contributed by atoms with Crippen LogP contribution >= 0.6 is 11.3 Å². The second-order valence-electron chi connectivity index (χ2n) is 5.01. The minimum Gasteiger partial charge on any atom is -0.381 e. The summed E-state index contributed by atoms with van der Waals surface area (Å²) >= 11 is 1.66. The fourth-order valence-electron chi connectivity index (χ4n) is 2.50. The van der Waals surface area contributed by atoms with E-state index in [4.69, 9.17) is 0 Å². The van der Waals surface area contributed by atoms with Gasteiger partial charge in [-0.1, -0.05) is 0 Å². The molecule has 0 spiro atoms. The maximum atomic E-state index is 11.6. The molecular weight excluding hydrogens is 280 g/mol. The zero-order valence-corrected chi connectivity index (χ0v) is 12.4. The van der Waals surface area contributed by atoms with Gasteiger partial charge in [-0.05, 0) is 38.0 Å². The highest BCUT2D eigenvalue weighted by Gasteiger charge is 2.24. The third kappa shape index (κ3) is 2.90. The average molecular weight is 296 g/mol. The summed E-state index contributed by atoms with van der Waals surface area (Å²) in [6.07, 6.45) is 1.67. The number of thiazole rings is 1. The minimum atomic E-state index is -2.86. The summed E-state index contributed by atoms with van der Waals surface area (Å²) in [5.41, 5.74) is 1.99. The SMILES string of the molecule is Cc1nc2ccc(NC3CCCS(=O)(=O)C3)cc2s1. The minimum absolute atomic E-state index is 0.0326. The predicted octanol–water partition coefficient (Wildman–Crippen LogP) is 2.59. The molecule has 1 aromatic carbocycles. The summed E-state index contributed by atoms with van der Waals surface area (Å²) in [6.45, 7) is 1.99. The highest BCUT2D eigenvalue weighted by atomic mass is 32.2. The Balaban J connectivity index is 1.81. The van der Waals surface area contributed by atoms with Crippen LogP contribution in [0.5, 0.6) is 0 Å². The van der Waals surface area contributed by atoms with Crippen LogP contribution in [0.2, 0.25) is 0 Å². The Kier molecular flexibility index (Phi) is 3.22. The molecule has 1 aliphatic rings. The molecule has 0 bridgehead atoms. The summed E-state index contributed by atoms with van der Waals surface area (Å²) in [6, 6.07) is 6.05. The quantitative estimate of drug-likeness (QED) is 0.925. The summed E-state index contributed by atoms with van der Waals surface area (Å²) in [4.78, 5) is 4.42. The molecule has 6 heteroatoms. The molecule has 0 aliphatic carbocycles. The van der Waals surface area contributed by atoms with Crippen LogP contribution in [0.15, 0.2) is 18.2 Å². The van der Waals surface area contributed by atoms with E-state index in [9.17, 15) is 8.42 Å². The van der Waals surface area contributed by atoms with Crippen LogP contribution in [0.3, 0.4) is 0 Å². The normalized spacial score (nSPS) is 22.5. The van der Waals surface area contributed by atoms with Crippen molar-refractivity contribution in [2.24, 2.45) is 0 Å². The highest BCUT2D eigenvalue weighted by molar-refractivity contribution is 7.91. The van der Waals surface area contributed by atoms with Crippen molar-refractivity contribution in [3.05, 3.63) is 23.2 Å². The second kappa shape index (κ2) is 4.76. The van der Waals surface area contributed by atoms with Crippen molar-refractivity contribution in [2.75, 3.05) is 16.8 Å². The van der Waals surface area contributed by atoms with E-state index >= 15 is 0 Å². The van der Waals surface area contributed by atoms with E-state index in [1.165, 1.54) is 0 Å². The molecule has 19 heavy (non-hydrogen) atoms. The van der Waals surface area contributed by atoms with Crippen molar-refractivity contribution >= 4 is 37.1 Å². The molecule has 1 atom stereocenters. The van der Waals surface area contributed by atoms with E-state index in [1.807, 2.05) is 19.1 Å². The first-order valence-electron chi connectivity index (χ1n) is 6.36. The summed E-state index contributed by atoms with van der Waals surface area (Å²) in [5, 5.41) is 4.39. The topological polar surface area (TPSA) is 59.1 Å².